The molecule has 5 N–H and O–H groups in total. The van der Waals surface area contributed by atoms with E-state index in [2.05, 4.69) is 54.1 Å². The molecule has 17 nitrogen and oxygen atoms in total. The summed E-state index contributed by atoms with van der Waals surface area (Å²) in [6.07, 6.45) is 2.36. The van der Waals surface area contributed by atoms with Gasteiger partial charge >= 0.3 is 0 Å². The van der Waals surface area contributed by atoms with E-state index < -0.39 is 50.5 Å². The summed E-state index contributed by atoms with van der Waals surface area (Å²) < 4.78 is 38.5. The zero-order chi connectivity index (χ0) is 53.5. The van der Waals surface area contributed by atoms with Crippen molar-refractivity contribution in [3.63, 3.8) is 0 Å². The number of carbonyl (C=O) groups is 3. The third kappa shape index (κ3) is 14.0. The van der Waals surface area contributed by atoms with Gasteiger partial charge in [0.05, 0.1) is 62.6 Å². The first kappa shape index (κ1) is 56.0. The van der Waals surface area contributed by atoms with Crippen LogP contribution in [0.15, 0.2) is 77.3 Å². The molecule has 0 aliphatic carbocycles. The number of nitrogens with zero attached hydrogens (tertiary/aromatic N) is 5. The van der Waals surface area contributed by atoms with Crippen molar-refractivity contribution in [2.45, 2.75) is 128 Å². The average Bonchev–Trinajstić information content (AvgIpc) is 3.98. The molecule has 20 heteroatoms. The number of aryl methyl sites for hydroxylation is 2. The van der Waals surface area contributed by atoms with Crippen LogP contribution in [0.5, 0.6) is 5.75 Å². The molecule has 2 fully saturated rings. The molecule has 0 spiro atoms. The number of sulfone groups is 1. The van der Waals surface area contributed by atoms with E-state index >= 15 is 0 Å². The van der Waals surface area contributed by atoms with E-state index in [4.69, 9.17) is 21.1 Å². The predicted octanol–water partition coefficient (Wildman–Crippen LogP) is 8.33. The highest BCUT2D eigenvalue weighted by Gasteiger charge is 2.44. The largest absolute Gasteiger partial charge is 0.489 e. The van der Waals surface area contributed by atoms with Crippen LogP contribution in [0.25, 0.3) is 10.4 Å². The highest BCUT2D eigenvalue weighted by atomic mass is 35.5. The third-order valence-electron chi connectivity index (χ3n) is 13.3. The zero-order valence-corrected chi connectivity index (χ0v) is 46.1. The topological polar surface area (TPSA) is 217 Å². The summed E-state index contributed by atoms with van der Waals surface area (Å²) >= 11 is 8.10. The highest BCUT2D eigenvalue weighted by molar-refractivity contribution is 7.92. The number of benzene rings is 3. The van der Waals surface area contributed by atoms with E-state index in [-0.39, 0.29) is 65.7 Å². The Bertz CT molecular complexity index is 2880. The van der Waals surface area contributed by atoms with E-state index in [1.54, 1.807) is 49.4 Å². The lowest BCUT2D eigenvalue weighted by atomic mass is 9.85. The number of β-amino-alcohol motifs (C(OH)–C–C–N with tert-alkyl or cyclic N) is 1. The third-order valence-corrected chi connectivity index (χ3v) is 16.8. The maximum atomic E-state index is 14.1. The van der Waals surface area contributed by atoms with Crippen LogP contribution in [0.3, 0.4) is 0 Å². The second kappa shape index (κ2) is 24.3. The molecule has 2 aliphatic rings. The fraction of sp³-hybridized carbons (Fsp3) is 0.481. The summed E-state index contributed by atoms with van der Waals surface area (Å²) in [4.78, 5) is 59.3. The van der Waals surface area contributed by atoms with Crippen LogP contribution >= 0.6 is 22.9 Å². The Hall–Kier alpha value is -5.70. The van der Waals surface area contributed by atoms with Gasteiger partial charge in [0.15, 0.2) is 15.7 Å². The minimum atomic E-state index is -3.60. The van der Waals surface area contributed by atoms with Crippen LogP contribution in [0.1, 0.15) is 96.0 Å². The molecule has 4 heterocycles. The summed E-state index contributed by atoms with van der Waals surface area (Å²) in [6, 6.07) is 16.8. The molecule has 2 saturated heterocycles. The molecule has 398 valence electrons. The molecule has 2 aliphatic heterocycles. The number of anilines is 4. The number of aliphatic hydroxyl groups excluding tert-OH is 1. The quantitative estimate of drug-likeness (QED) is 0.0463. The van der Waals surface area contributed by atoms with Gasteiger partial charge in [0, 0.05) is 26.1 Å². The normalized spacial score (nSPS) is 17.1. The van der Waals surface area contributed by atoms with E-state index in [1.807, 2.05) is 77.4 Å². The zero-order valence-electron chi connectivity index (χ0n) is 43.7. The molecule has 0 saturated carbocycles. The average molecular weight is 1070 g/mol. The monoisotopic (exact) mass is 1070 g/mol. The highest BCUT2D eigenvalue weighted by Crippen LogP contribution is 2.39. The molecule has 5 aromatic rings. The van der Waals surface area contributed by atoms with Gasteiger partial charge in [-0.25, -0.2) is 18.4 Å². The first-order valence-electron chi connectivity index (χ1n) is 25.1. The number of hydrogen-bond acceptors (Lipinski definition) is 15. The van der Waals surface area contributed by atoms with E-state index in [9.17, 15) is 27.9 Å². The molecule has 7 rings (SSSR count). The van der Waals surface area contributed by atoms with Gasteiger partial charge < -0.3 is 45.6 Å². The number of likely N-dealkylation sites (tertiary alicyclic amines) is 2. The molecule has 3 aromatic carbocycles. The Balaban J connectivity index is 0.895. The smallest absolute Gasteiger partial charge is 0.246 e. The lowest BCUT2D eigenvalue weighted by molar-refractivity contribution is -0.144. The van der Waals surface area contributed by atoms with Crippen LogP contribution in [0.2, 0.25) is 5.02 Å². The van der Waals surface area contributed by atoms with E-state index in [0.717, 1.165) is 53.2 Å². The number of ether oxygens (including phenoxy) is 2. The van der Waals surface area contributed by atoms with Gasteiger partial charge in [0.1, 0.15) is 29.5 Å². The van der Waals surface area contributed by atoms with Gasteiger partial charge in [-0.15, -0.1) is 11.3 Å². The molecule has 3 atom stereocenters. The van der Waals surface area contributed by atoms with Crippen molar-refractivity contribution in [3.05, 3.63) is 99.8 Å². The van der Waals surface area contributed by atoms with E-state index in [0.29, 0.717) is 30.3 Å². The maximum Gasteiger partial charge on any atom is 0.246 e. The Morgan fingerprint density at radius 1 is 0.959 bits per heavy atom. The summed E-state index contributed by atoms with van der Waals surface area (Å²) in [5.74, 6) is 0.163. The number of aliphatic hydroxyl groups is 1. The molecular formula is C54H70ClN9O8S2. The molecule has 3 amide bonds. The van der Waals surface area contributed by atoms with Crippen LogP contribution in [0.4, 0.5) is 23.1 Å². The van der Waals surface area contributed by atoms with Crippen LogP contribution in [0, 0.1) is 19.3 Å². The minimum Gasteiger partial charge on any atom is -0.489 e. The van der Waals surface area contributed by atoms with Crippen molar-refractivity contribution in [2.75, 3.05) is 50.0 Å². The fourth-order valence-corrected chi connectivity index (χ4v) is 11.4. The first-order valence-corrected chi connectivity index (χ1v) is 27.9. The first-order chi connectivity index (χ1) is 35.1. The molecule has 2 aromatic heterocycles. The number of carbonyl (C=O) groups excluding carboxylic acids is 3. The number of hydrogen-bond donors (Lipinski definition) is 5. The van der Waals surface area contributed by atoms with Crippen molar-refractivity contribution < 1.29 is 37.4 Å². The molecule has 0 radical (unpaired) electrons. The van der Waals surface area contributed by atoms with Crippen molar-refractivity contribution in [2.24, 2.45) is 5.41 Å². The Labute approximate surface area is 444 Å². The fourth-order valence-electron chi connectivity index (χ4n) is 9.24. The van der Waals surface area contributed by atoms with Crippen LogP contribution < -0.4 is 26.0 Å². The Morgan fingerprint density at radius 2 is 1.68 bits per heavy atom. The SMILES string of the molecule is Cc1cc(Nc2ncc(Cl)c(Nc3ccccc3S(=O)(=O)C(C)C)n2)c(OC(C)C)cc1C1CCN(CCOCC(=O)NC(C(=O)N2CC(O)CC2C(=O)NCc2ccc(-c3scnc3C)cc2)C(C)(C)C)CC1. The van der Waals surface area contributed by atoms with Gasteiger partial charge in [-0.3, -0.25) is 14.4 Å². The van der Waals surface area contributed by atoms with E-state index in [1.165, 1.54) is 16.7 Å². The Morgan fingerprint density at radius 3 is 2.34 bits per heavy atom. The number of piperidine rings is 1. The van der Waals surface area contributed by atoms with Crippen LogP contribution in [-0.4, -0.2) is 125 Å². The van der Waals surface area contributed by atoms with Gasteiger partial charge in [-0.1, -0.05) is 68.8 Å². The standard InChI is InChI=1S/C54H70ClN9O8S2/c1-32(2)72-45-26-40(34(5)24-43(45)60-53-57-28-41(55)50(62-53)59-42-12-10-11-13-46(42)74(69,70)33(3)4)37-18-20-63(21-19-37)22-23-71-30-47(66)61-49(54(7,8)9)52(68)64-29-39(65)25-44(64)51(67)56-27-36-14-16-38(17-15-36)48-35(6)58-31-73-48/h10-17,24,26,28,31-33,37,39,44,49,65H,18-23,25,27,29-30H2,1-9H3,(H,56,67)(H,61,66)(H2,57,59,60,62). The summed E-state index contributed by atoms with van der Waals surface area (Å²) in [7, 11) is -3.60. The summed E-state index contributed by atoms with van der Waals surface area (Å²) in [6.45, 7) is 19.4. The van der Waals surface area contributed by atoms with Crippen molar-refractivity contribution >= 4 is 73.6 Å². The summed E-state index contributed by atoms with van der Waals surface area (Å²) in [5, 5.41) is 22.5. The maximum absolute atomic E-state index is 14.1. The molecule has 0 bridgehead atoms. The van der Waals surface area contributed by atoms with Crippen molar-refractivity contribution in [1.82, 2.24) is 35.4 Å². The number of halogens is 1. The van der Waals surface area contributed by atoms with Gasteiger partial charge in [-0.05, 0) is 125 Å². The second-order valence-corrected chi connectivity index (χ2v) is 24.4. The van der Waals surface area contributed by atoms with Crippen LogP contribution in [-0.2, 0) is 35.5 Å². The lowest BCUT2D eigenvalue weighted by Gasteiger charge is -2.35. The minimum absolute atomic E-state index is 0.0158. The number of nitrogens with one attached hydrogen (secondary N) is 4. The lowest BCUT2D eigenvalue weighted by Crippen LogP contribution is -2.58. The number of para-hydroxylation sites is 1. The van der Waals surface area contributed by atoms with Crippen molar-refractivity contribution in [3.8, 4) is 16.2 Å². The predicted molar refractivity (Wildman–Crippen MR) is 290 cm³/mol. The van der Waals surface area contributed by atoms with Gasteiger partial charge in [0.2, 0.25) is 23.7 Å². The Kier molecular flexibility index (Phi) is 18.4. The molecule has 3 unspecified atom stereocenters. The van der Waals surface area contributed by atoms with Gasteiger partial charge in [-0.2, -0.15) is 4.98 Å². The van der Waals surface area contributed by atoms with Crippen molar-refractivity contribution in [1.29, 1.82) is 0 Å². The number of rotatable bonds is 20. The number of thiazole rings is 1. The molecular weight excluding hydrogens is 1000 g/mol. The number of aromatic nitrogens is 3. The number of amides is 3. The molecule has 74 heavy (non-hydrogen) atoms. The van der Waals surface area contributed by atoms with Gasteiger partial charge in [0.25, 0.3) is 0 Å². The summed E-state index contributed by atoms with van der Waals surface area (Å²) in [5.41, 5.74) is 7.30. The second-order valence-electron chi connectivity index (χ2n) is 20.7.